The first-order chi connectivity index (χ1) is 15.1. The van der Waals surface area contributed by atoms with Crippen LogP contribution in [0.4, 0.5) is 0 Å². The second-order valence-electron chi connectivity index (χ2n) is 7.30. The van der Waals surface area contributed by atoms with Crippen LogP contribution in [0.2, 0.25) is 0 Å². The first kappa shape index (κ1) is 21.1. The number of nitrogens with one attached hydrogen (secondary N) is 1. The molecule has 1 N–H and O–H groups in total. The molecule has 4 rings (SSSR count). The van der Waals surface area contributed by atoms with Crippen LogP contribution in [0.15, 0.2) is 66.6 Å². The Kier molecular flexibility index (Phi) is 6.64. The molecule has 160 valence electrons. The zero-order chi connectivity index (χ0) is 21.6. The van der Waals surface area contributed by atoms with Crippen molar-refractivity contribution < 1.29 is 9.47 Å². The number of methoxy groups -OCH3 is 1. The van der Waals surface area contributed by atoms with Crippen molar-refractivity contribution in [1.29, 1.82) is 0 Å². The predicted molar refractivity (Wildman–Crippen MR) is 123 cm³/mol. The van der Waals surface area contributed by atoms with Gasteiger partial charge in [0, 0.05) is 36.0 Å². The maximum atomic E-state index is 5.91. The lowest BCUT2D eigenvalue weighted by molar-refractivity contribution is 0.281. The van der Waals surface area contributed by atoms with Crippen molar-refractivity contribution in [3.63, 3.8) is 0 Å². The fourth-order valence-corrected chi connectivity index (χ4v) is 3.90. The normalized spacial score (nSPS) is 12.0. The summed E-state index contributed by atoms with van der Waals surface area (Å²) in [4.78, 5) is 8.53. The molecule has 0 fully saturated rings. The standard InChI is InChI=1S/C24H26N4O2S/c1-17(20-5-7-22(8-6-20)28-11-10-25-16-28)26-13-19-4-9-23(24(12-19)29-3)30-14-21-15-31-18(2)27-21/h4-12,15-17,26H,13-14H2,1-3H3. The molecule has 0 bridgehead atoms. The second-order valence-corrected chi connectivity index (χ2v) is 8.36. The van der Waals surface area contributed by atoms with E-state index in [4.69, 9.17) is 9.47 Å². The third-order valence-electron chi connectivity index (χ3n) is 5.08. The van der Waals surface area contributed by atoms with Crippen LogP contribution in [-0.4, -0.2) is 21.6 Å². The largest absolute Gasteiger partial charge is 0.493 e. The van der Waals surface area contributed by atoms with Crippen molar-refractivity contribution in [3.05, 3.63) is 88.4 Å². The Balaban J connectivity index is 1.35. The first-order valence-electron chi connectivity index (χ1n) is 10.1. The van der Waals surface area contributed by atoms with E-state index in [1.54, 1.807) is 31.0 Å². The molecule has 0 aliphatic carbocycles. The molecule has 2 aromatic carbocycles. The third-order valence-corrected chi connectivity index (χ3v) is 5.90. The number of benzene rings is 2. The van der Waals surface area contributed by atoms with Gasteiger partial charge in [0.2, 0.25) is 0 Å². The molecule has 7 heteroatoms. The maximum absolute atomic E-state index is 5.91. The summed E-state index contributed by atoms with van der Waals surface area (Å²) in [6.45, 7) is 5.32. The van der Waals surface area contributed by atoms with Crippen molar-refractivity contribution in [1.82, 2.24) is 19.9 Å². The molecule has 0 spiro atoms. The number of nitrogens with zero attached hydrogens (tertiary/aromatic N) is 3. The minimum Gasteiger partial charge on any atom is -0.493 e. The Morgan fingerprint density at radius 2 is 1.97 bits per heavy atom. The minimum atomic E-state index is 0.215. The smallest absolute Gasteiger partial charge is 0.161 e. The highest BCUT2D eigenvalue weighted by Gasteiger charge is 2.10. The van der Waals surface area contributed by atoms with E-state index in [2.05, 4.69) is 52.5 Å². The molecule has 0 saturated heterocycles. The number of rotatable bonds is 9. The van der Waals surface area contributed by atoms with Gasteiger partial charge in [-0.2, -0.15) is 0 Å². The van der Waals surface area contributed by atoms with E-state index in [0.717, 1.165) is 40.0 Å². The van der Waals surface area contributed by atoms with Gasteiger partial charge >= 0.3 is 0 Å². The molecule has 6 nitrogen and oxygen atoms in total. The summed E-state index contributed by atoms with van der Waals surface area (Å²) >= 11 is 1.62. The quantitative estimate of drug-likeness (QED) is 0.398. The highest BCUT2D eigenvalue weighted by atomic mass is 32.1. The molecule has 2 aromatic heterocycles. The van der Waals surface area contributed by atoms with Gasteiger partial charge in [-0.3, -0.25) is 0 Å². The fourth-order valence-electron chi connectivity index (χ4n) is 3.30. The van der Waals surface area contributed by atoms with E-state index in [1.807, 2.05) is 35.2 Å². The lowest BCUT2D eigenvalue weighted by atomic mass is 10.1. The molecular weight excluding hydrogens is 408 g/mol. The van der Waals surface area contributed by atoms with Crippen molar-refractivity contribution in [2.45, 2.75) is 33.0 Å². The zero-order valence-electron chi connectivity index (χ0n) is 17.9. The van der Waals surface area contributed by atoms with Crippen LogP contribution in [-0.2, 0) is 13.2 Å². The van der Waals surface area contributed by atoms with Crippen molar-refractivity contribution in [2.75, 3.05) is 7.11 Å². The fraction of sp³-hybridized carbons (Fsp3) is 0.250. The summed E-state index contributed by atoms with van der Waals surface area (Å²) in [5, 5.41) is 6.63. The topological polar surface area (TPSA) is 61.2 Å². The molecule has 0 saturated carbocycles. The Morgan fingerprint density at radius 1 is 1.13 bits per heavy atom. The molecule has 1 unspecified atom stereocenters. The second kappa shape index (κ2) is 9.76. The summed E-state index contributed by atoms with van der Waals surface area (Å²) in [6, 6.07) is 14.7. The Morgan fingerprint density at radius 3 is 2.65 bits per heavy atom. The van der Waals surface area contributed by atoms with Crippen LogP contribution >= 0.6 is 11.3 Å². The summed E-state index contributed by atoms with van der Waals surface area (Å²) < 4.78 is 13.4. The van der Waals surface area contributed by atoms with Crippen LogP contribution in [0.1, 0.15) is 34.8 Å². The van der Waals surface area contributed by atoms with E-state index < -0.39 is 0 Å². The molecule has 31 heavy (non-hydrogen) atoms. The first-order valence-corrected chi connectivity index (χ1v) is 11.0. The molecule has 0 aliphatic heterocycles. The van der Waals surface area contributed by atoms with E-state index >= 15 is 0 Å². The van der Waals surface area contributed by atoms with Gasteiger partial charge in [-0.25, -0.2) is 9.97 Å². The summed E-state index contributed by atoms with van der Waals surface area (Å²) in [6.07, 6.45) is 5.52. The van der Waals surface area contributed by atoms with Gasteiger partial charge in [0.05, 0.1) is 24.1 Å². The maximum Gasteiger partial charge on any atom is 0.161 e. The number of imidazole rings is 1. The number of aromatic nitrogens is 3. The molecule has 4 aromatic rings. The molecule has 0 aliphatic rings. The lowest BCUT2D eigenvalue weighted by Crippen LogP contribution is -2.18. The Bertz CT molecular complexity index is 1110. The van der Waals surface area contributed by atoms with Crippen molar-refractivity contribution in [3.8, 4) is 17.2 Å². The molecular formula is C24H26N4O2S. The third kappa shape index (κ3) is 5.31. The summed E-state index contributed by atoms with van der Waals surface area (Å²) in [5.74, 6) is 1.45. The van der Waals surface area contributed by atoms with Gasteiger partial charge in [0.1, 0.15) is 6.61 Å². The average Bonchev–Trinajstić information content (AvgIpc) is 3.48. The Labute approximate surface area is 186 Å². The average molecular weight is 435 g/mol. The summed E-state index contributed by atoms with van der Waals surface area (Å²) in [5.41, 5.74) is 4.40. The van der Waals surface area contributed by atoms with Gasteiger partial charge in [0.25, 0.3) is 0 Å². The van der Waals surface area contributed by atoms with Gasteiger partial charge in [0.15, 0.2) is 11.5 Å². The molecule has 0 amide bonds. The van der Waals surface area contributed by atoms with Gasteiger partial charge in [-0.05, 0) is 49.2 Å². The van der Waals surface area contributed by atoms with Crippen molar-refractivity contribution in [2.24, 2.45) is 0 Å². The molecule has 0 radical (unpaired) electrons. The van der Waals surface area contributed by atoms with Crippen LogP contribution < -0.4 is 14.8 Å². The Hall–Kier alpha value is -3.16. The minimum absolute atomic E-state index is 0.215. The number of hydrogen-bond donors (Lipinski definition) is 1. The van der Waals surface area contributed by atoms with E-state index in [9.17, 15) is 0 Å². The number of aryl methyl sites for hydroxylation is 1. The highest BCUT2D eigenvalue weighted by Crippen LogP contribution is 2.29. The lowest BCUT2D eigenvalue weighted by Gasteiger charge is -2.16. The highest BCUT2D eigenvalue weighted by molar-refractivity contribution is 7.09. The number of hydrogen-bond acceptors (Lipinski definition) is 6. The number of ether oxygens (including phenoxy) is 2. The van der Waals surface area contributed by atoms with Crippen LogP contribution in [0.3, 0.4) is 0 Å². The van der Waals surface area contributed by atoms with Gasteiger partial charge in [-0.15, -0.1) is 11.3 Å². The zero-order valence-corrected chi connectivity index (χ0v) is 18.7. The van der Waals surface area contributed by atoms with Crippen LogP contribution in [0.25, 0.3) is 5.69 Å². The monoisotopic (exact) mass is 434 g/mol. The van der Waals surface area contributed by atoms with Gasteiger partial charge < -0.3 is 19.4 Å². The predicted octanol–water partition coefficient (Wildman–Crippen LogP) is 5.08. The van der Waals surface area contributed by atoms with Gasteiger partial charge in [-0.1, -0.05) is 18.2 Å². The summed E-state index contributed by atoms with van der Waals surface area (Å²) in [7, 11) is 1.66. The van der Waals surface area contributed by atoms with Crippen LogP contribution in [0, 0.1) is 6.92 Å². The van der Waals surface area contributed by atoms with E-state index in [1.165, 1.54) is 5.56 Å². The van der Waals surface area contributed by atoms with Crippen LogP contribution in [0.5, 0.6) is 11.5 Å². The molecule has 2 heterocycles. The number of thiazole rings is 1. The van der Waals surface area contributed by atoms with E-state index in [-0.39, 0.29) is 6.04 Å². The van der Waals surface area contributed by atoms with E-state index in [0.29, 0.717) is 6.61 Å². The SMILES string of the molecule is COc1cc(CNC(C)c2ccc(-n3ccnc3)cc2)ccc1OCc1csc(C)n1. The van der Waals surface area contributed by atoms with Crippen molar-refractivity contribution >= 4 is 11.3 Å². The molecule has 1 atom stereocenters.